The average Bonchev–Trinajstić information content (AvgIpc) is 3.55. The molecule has 60 heavy (non-hydrogen) atoms. The van der Waals surface area contributed by atoms with Crippen molar-refractivity contribution in [3.63, 3.8) is 0 Å². The quantitative estimate of drug-likeness (QED) is 0.175. The van der Waals surface area contributed by atoms with E-state index in [0.29, 0.717) is 5.95 Å². The highest BCUT2D eigenvalue weighted by atomic mass is 15.3. The van der Waals surface area contributed by atoms with Crippen LogP contribution in [0.25, 0.3) is 94.8 Å². The van der Waals surface area contributed by atoms with Gasteiger partial charge in [-0.25, -0.2) is 9.97 Å². The van der Waals surface area contributed by atoms with Crippen LogP contribution >= 0.6 is 0 Å². The topological polar surface area (TPSA) is 34.0 Å². The molecule has 0 saturated heterocycles. The molecule has 1 aliphatic rings. The third-order valence-corrected chi connectivity index (χ3v) is 12.0. The van der Waals surface area contributed by atoms with E-state index < -0.39 is 0 Å². The van der Waals surface area contributed by atoms with Crippen molar-refractivity contribution < 1.29 is 0 Å². The number of hydrogen-bond acceptors (Lipinski definition) is 3. The fourth-order valence-corrected chi connectivity index (χ4v) is 9.09. The van der Waals surface area contributed by atoms with Crippen LogP contribution in [0.5, 0.6) is 0 Å². The highest BCUT2D eigenvalue weighted by molar-refractivity contribution is 6.10. The lowest BCUT2D eigenvalue weighted by Gasteiger charge is -2.26. The molecule has 11 aromatic rings. The van der Waals surface area contributed by atoms with Crippen molar-refractivity contribution in [1.82, 2.24) is 14.5 Å². The summed E-state index contributed by atoms with van der Waals surface area (Å²) in [4.78, 5) is 13.0. The highest BCUT2D eigenvalue weighted by Gasteiger charge is 2.25. The summed E-state index contributed by atoms with van der Waals surface area (Å²) >= 11 is 0. The zero-order chi connectivity index (χ0) is 39.6. The zero-order valence-electron chi connectivity index (χ0n) is 32.6. The molecule has 0 radical (unpaired) electrons. The molecule has 0 aliphatic carbocycles. The molecule has 1 aliphatic heterocycles. The van der Waals surface area contributed by atoms with Crippen LogP contribution < -0.4 is 4.90 Å². The van der Waals surface area contributed by atoms with Gasteiger partial charge in [-0.2, -0.15) is 0 Å². The summed E-state index contributed by atoms with van der Waals surface area (Å²) in [7, 11) is 0. The number of benzene rings is 9. The Labute approximate surface area is 347 Å². The first kappa shape index (κ1) is 34.0. The van der Waals surface area contributed by atoms with E-state index in [1.54, 1.807) is 0 Å². The summed E-state index contributed by atoms with van der Waals surface area (Å²) in [6, 6.07) is 73.7. The average molecular weight is 765 g/mol. The lowest BCUT2D eigenvalue weighted by Crippen LogP contribution is -2.15. The van der Waals surface area contributed by atoms with Crippen LogP contribution in [-0.2, 0) is 0 Å². The van der Waals surface area contributed by atoms with E-state index in [0.717, 1.165) is 61.5 Å². The van der Waals surface area contributed by atoms with Gasteiger partial charge in [-0.3, -0.25) is 4.90 Å². The van der Waals surface area contributed by atoms with Crippen LogP contribution in [-0.4, -0.2) is 14.5 Å². The first-order valence-corrected chi connectivity index (χ1v) is 20.4. The van der Waals surface area contributed by atoms with Gasteiger partial charge in [-0.15, -0.1) is 0 Å². The summed E-state index contributed by atoms with van der Waals surface area (Å²) in [6.07, 6.45) is 4.41. The smallest absolute Gasteiger partial charge is 0.235 e. The summed E-state index contributed by atoms with van der Waals surface area (Å²) in [6.45, 7) is 0. The van der Waals surface area contributed by atoms with E-state index in [9.17, 15) is 0 Å². The fourth-order valence-electron chi connectivity index (χ4n) is 9.09. The second-order valence-corrected chi connectivity index (χ2v) is 15.4. The molecule has 0 amide bonds. The predicted octanol–water partition coefficient (Wildman–Crippen LogP) is 14.8. The first-order chi connectivity index (χ1) is 29.7. The Morgan fingerprint density at radius 1 is 0.367 bits per heavy atom. The van der Waals surface area contributed by atoms with Gasteiger partial charge in [-0.1, -0.05) is 170 Å². The van der Waals surface area contributed by atoms with Gasteiger partial charge in [0.25, 0.3) is 0 Å². The van der Waals surface area contributed by atoms with E-state index in [1.807, 2.05) is 0 Å². The molecule has 280 valence electrons. The normalized spacial score (nSPS) is 12.2. The molecule has 0 spiro atoms. The Morgan fingerprint density at radius 3 is 1.88 bits per heavy atom. The molecule has 12 rings (SSSR count). The van der Waals surface area contributed by atoms with Gasteiger partial charge in [0.05, 0.1) is 33.6 Å². The van der Waals surface area contributed by atoms with Crippen molar-refractivity contribution >= 4 is 73.0 Å². The predicted molar refractivity (Wildman–Crippen MR) is 251 cm³/mol. The van der Waals surface area contributed by atoms with Crippen LogP contribution in [0.15, 0.2) is 206 Å². The zero-order valence-corrected chi connectivity index (χ0v) is 32.6. The Morgan fingerprint density at radius 2 is 1.00 bits per heavy atom. The van der Waals surface area contributed by atoms with Crippen molar-refractivity contribution in [2.75, 3.05) is 4.90 Å². The minimum absolute atomic E-state index is 0.623. The number of hydrogen-bond donors (Lipinski definition) is 0. The minimum atomic E-state index is 0.623. The van der Waals surface area contributed by atoms with Crippen LogP contribution in [0.3, 0.4) is 0 Å². The molecule has 0 unspecified atom stereocenters. The number of fused-ring (bicyclic) bond motifs is 7. The SMILES string of the molecule is C1=Cc2ccc(-c3ccc4c(c3)c3ccccc3n4-c3ccccc3)cc2N(c2nc(-c3ccc(-c4cccc5ccccc45)cc3)c3ccccc3n2)c2ccccc21. The van der Waals surface area contributed by atoms with Crippen LogP contribution in [0, 0.1) is 0 Å². The molecular formula is C56H36N4. The number of para-hydroxylation sites is 4. The molecule has 4 nitrogen and oxygen atoms in total. The molecule has 0 atom stereocenters. The second kappa shape index (κ2) is 13.8. The van der Waals surface area contributed by atoms with E-state index in [4.69, 9.17) is 9.97 Å². The molecule has 0 N–H and O–H groups in total. The van der Waals surface area contributed by atoms with Gasteiger partial charge in [0.15, 0.2) is 0 Å². The van der Waals surface area contributed by atoms with E-state index in [-0.39, 0.29) is 0 Å². The van der Waals surface area contributed by atoms with Gasteiger partial charge in [-0.05, 0) is 92.7 Å². The van der Waals surface area contributed by atoms with E-state index in [2.05, 4.69) is 228 Å². The molecular weight excluding hydrogens is 729 g/mol. The minimum Gasteiger partial charge on any atom is -0.309 e. The van der Waals surface area contributed by atoms with Crippen molar-refractivity contribution in [1.29, 1.82) is 0 Å². The Bertz CT molecular complexity index is 3480. The number of aromatic nitrogens is 3. The number of anilines is 3. The van der Waals surface area contributed by atoms with Gasteiger partial charge in [0.2, 0.25) is 5.95 Å². The van der Waals surface area contributed by atoms with Gasteiger partial charge in [0.1, 0.15) is 0 Å². The number of nitrogens with zero attached hydrogens (tertiary/aromatic N) is 4. The van der Waals surface area contributed by atoms with Crippen LogP contribution in [0.2, 0.25) is 0 Å². The maximum Gasteiger partial charge on any atom is 0.235 e. The summed E-state index contributed by atoms with van der Waals surface area (Å²) in [5, 5.41) is 5.94. The van der Waals surface area contributed by atoms with Crippen molar-refractivity contribution in [2.24, 2.45) is 0 Å². The molecule has 0 fully saturated rings. The maximum absolute atomic E-state index is 5.48. The maximum atomic E-state index is 5.48. The van der Waals surface area contributed by atoms with Gasteiger partial charge < -0.3 is 4.57 Å². The Hall–Kier alpha value is -8.08. The lowest BCUT2D eigenvalue weighted by molar-refractivity contribution is 1.11. The third-order valence-electron chi connectivity index (χ3n) is 12.0. The Kier molecular flexibility index (Phi) is 7.82. The van der Waals surface area contributed by atoms with E-state index >= 15 is 0 Å². The summed E-state index contributed by atoms with van der Waals surface area (Å²) in [5.74, 6) is 0.623. The fraction of sp³-hybridized carbons (Fsp3) is 0. The standard InChI is InChI=1S/C56H36N4/c1-2-16-44(17-3-1)59-52-24-11-8-19-47(52)49-35-42(33-34-53(49)59)43-32-29-40-28-27-39-14-5-10-23-51(39)60(54(40)36-43)56-57-50-22-9-7-20-48(50)55(58-56)41-30-25-38(26-31-41)46-21-12-15-37-13-4-6-18-45(37)46/h1-36H. The van der Waals surface area contributed by atoms with Crippen LogP contribution in [0.4, 0.5) is 17.3 Å². The first-order valence-electron chi connectivity index (χ1n) is 20.4. The third kappa shape index (κ3) is 5.53. The largest absolute Gasteiger partial charge is 0.309 e. The van der Waals surface area contributed by atoms with Crippen molar-refractivity contribution in [2.45, 2.75) is 0 Å². The molecule has 0 saturated carbocycles. The summed E-state index contributed by atoms with van der Waals surface area (Å²) in [5.41, 5.74) is 15.3. The molecule has 0 bridgehead atoms. The Balaban J connectivity index is 1.02. The molecule has 3 heterocycles. The van der Waals surface area contributed by atoms with Gasteiger partial charge >= 0.3 is 0 Å². The van der Waals surface area contributed by atoms with E-state index in [1.165, 1.54) is 43.7 Å². The molecule has 2 aromatic heterocycles. The second-order valence-electron chi connectivity index (χ2n) is 15.4. The highest BCUT2D eigenvalue weighted by Crippen LogP contribution is 2.44. The number of rotatable bonds is 5. The van der Waals surface area contributed by atoms with Gasteiger partial charge in [0, 0.05) is 27.4 Å². The summed E-state index contributed by atoms with van der Waals surface area (Å²) < 4.78 is 2.36. The van der Waals surface area contributed by atoms with Crippen LogP contribution in [0.1, 0.15) is 11.1 Å². The lowest BCUT2D eigenvalue weighted by atomic mass is 9.96. The monoisotopic (exact) mass is 764 g/mol. The molecule has 4 heteroatoms. The van der Waals surface area contributed by atoms with Crippen molar-refractivity contribution in [3.05, 3.63) is 217 Å². The van der Waals surface area contributed by atoms with Crippen molar-refractivity contribution in [3.8, 4) is 39.2 Å². The molecule has 9 aromatic carbocycles.